The number of carbonyl (C=O) groups is 2. The first kappa shape index (κ1) is 23.4. The Bertz CT molecular complexity index is 1040. The largest absolute Gasteiger partial charge is 0.462 e. The van der Waals surface area contributed by atoms with E-state index in [1.807, 2.05) is 13.8 Å². The topological polar surface area (TPSA) is 82.5 Å². The number of benzene rings is 1. The fourth-order valence-electron chi connectivity index (χ4n) is 4.62. The quantitative estimate of drug-likeness (QED) is 0.657. The lowest BCUT2D eigenvalue weighted by Crippen LogP contribution is -2.40. The summed E-state index contributed by atoms with van der Waals surface area (Å²) in [6.07, 6.45) is 0.365. The van der Waals surface area contributed by atoms with Crippen LogP contribution in [0.5, 0.6) is 0 Å². The maximum Gasteiger partial charge on any atom is 0.338 e. The molecule has 0 radical (unpaired) electrons. The maximum atomic E-state index is 14.0. The minimum absolute atomic E-state index is 0.101. The molecule has 9 heteroatoms. The number of carbonyl (C=O) groups excluding carboxylic acids is 2. The van der Waals surface area contributed by atoms with Gasteiger partial charge in [0.05, 0.1) is 34.8 Å². The number of ether oxygens (including phenoxy) is 2. The summed E-state index contributed by atoms with van der Waals surface area (Å²) in [5.74, 6) is -0.819. The molecule has 0 aliphatic carbocycles. The third kappa shape index (κ3) is 4.51. The Morgan fingerprint density at radius 1 is 1.30 bits per heavy atom. The average molecular weight is 462 g/mol. The molecule has 0 saturated carbocycles. The van der Waals surface area contributed by atoms with Gasteiger partial charge in [0.15, 0.2) is 0 Å². The molecule has 7 nitrogen and oxygen atoms in total. The molecule has 1 aromatic carbocycles. The van der Waals surface area contributed by atoms with E-state index < -0.39 is 12.4 Å². The predicted molar refractivity (Wildman–Crippen MR) is 117 cm³/mol. The monoisotopic (exact) mass is 461 g/mol. The molecule has 1 aromatic heterocycles. The second-order valence-electron chi connectivity index (χ2n) is 8.72. The number of esters is 1. The number of nitrogens with zero attached hydrogens (tertiary/aromatic N) is 2. The zero-order valence-electron chi connectivity index (χ0n) is 19.0. The minimum atomic E-state index is -2.78. The van der Waals surface area contributed by atoms with Gasteiger partial charge in [0.25, 0.3) is 12.3 Å². The first-order valence-electron chi connectivity index (χ1n) is 11.5. The summed E-state index contributed by atoms with van der Waals surface area (Å²) in [6, 6.07) is 3.98. The standard InChI is InChI=1S/C24H29F2N3O4/c1-3-9-33-23(31)15-5-6-16(21(25)26)18(12-15)29-19-13-24(7-10-32-11-8-24)14-27-22(30)20(19)17(4-2)28-29/h5-6,12,21H,3-4,7-11,13-14H2,1-2H3,(H,27,30). The summed E-state index contributed by atoms with van der Waals surface area (Å²) >= 11 is 0. The number of amides is 1. The van der Waals surface area contributed by atoms with E-state index in [0.717, 1.165) is 12.8 Å². The third-order valence-electron chi connectivity index (χ3n) is 6.50. The van der Waals surface area contributed by atoms with Crippen LogP contribution in [0.15, 0.2) is 18.2 Å². The average Bonchev–Trinajstić information content (AvgIpc) is 3.12. The van der Waals surface area contributed by atoms with Gasteiger partial charge in [-0.1, -0.05) is 19.9 Å². The fourth-order valence-corrected chi connectivity index (χ4v) is 4.62. The third-order valence-corrected chi connectivity index (χ3v) is 6.50. The molecule has 178 valence electrons. The molecule has 1 saturated heterocycles. The van der Waals surface area contributed by atoms with Gasteiger partial charge in [-0.15, -0.1) is 0 Å². The number of hydrogen-bond donors (Lipinski definition) is 1. The lowest BCUT2D eigenvalue weighted by atomic mass is 9.76. The van der Waals surface area contributed by atoms with E-state index in [0.29, 0.717) is 56.0 Å². The van der Waals surface area contributed by atoms with Crippen molar-refractivity contribution in [1.82, 2.24) is 15.1 Å². The molecule has 33 heavy (non-hydrogen) atoms. The second-order valence-corrected chi connectivity index (χ2v) is 8.72. The van der Waals surface area contributed by atoms with Crippen LogP contribution in [0.25, 0.3) is 5.69 Å². The van der Waals surface area contributed by atoms with Crippen molar-refractivity contribution in [2.24, 2.45) is 5.41 Å². The van der Waals surface area contributed by atoms with E-state index in [-0.39, 0.29) is 34.7 Å². The molecular weight excluding hydrogens is 432 g/mol. The number of aryl methyl sites for hydroxylation is 1. The van der Waals surface area contributed by atoms with E-state index >= 15 is 0 Å². The number of rotatable bonds is 6. The molecule has 2 aliphatic rings. The number of alkyl halides is 2. The summed E-state index contributed by atoms with van der Waals surface area (Å²) in [5.41, 5.74) is 1.38. The highest BCUT2D eigenvalue weighted by Crippen LogP contribution is 2.39. The van der Waals surface area contributed by atoms with Crippen molar-refractivity contribution in [2.45, 2.75) is 52.4 Å². The summed E-state index contributed by atoms with van der Waals surface area (Å²) in [5, 5.41) is 7.62. The first-order chi connectivity index (χ1) is 15.9. The van der Waals surface area contributed by atoms with Crippen LogP contribution >= 0.6 is 0 Å². The lowest BCUT2D eigenvalue weighted by Gasteiger charge is -2.36. The normalized spacial score (nSPS) is 17.5. The van der Waals surface area contributed by atoms with Gasteiger partial charge in [0.2, 0.25) is 0 Å². The van der Waals surface area contributed by atoms with Gasteiger partial charge in [-0.05, 0) is 49.7 Å². The van der Waals surface area contributed by atoms with Crippen molar-refractivity contribution in [3.63, 3.8) is 0 Å². The Morgan fingerprint density at radius 2 is 2.06 bits per heavy atom. The first-order valence-corrected chi connectivity index (χ1v) is 11.5. The van der Waals surface area contributed by atoms with Crippen LogP contribution in [0.1, 0.15) is 77.2 Å². The van der Waals surface area contributed by atoms with Crippen molar-refractivity contribution in [3.8, 4) is 5.69 Å². The van der Waals surface area contributed by atoms with Gasteiger partial charge >= 0.3 is 5.97 Å². The summed E-state index contributed by atoms with van der Waals surface area (Å²) in [4.78, 5) is 25.5. The fraction of sp³-hybridized carbons (Fsp3) is 0.542. The number of aromatic nitrogens is 2. The van der Waals surface area contributed by atoms with Gasteiger partial charge in [0.1, 0.15) is 0 Å². The van der Waals surface area contributed by atoms with Crippen LogP contribution < -0.4 is 5.32 Å². The van der Waals surface area contributed by atoms with Gasteiger partial charge in [-0.2, -0.15) is 5.10 Å². The number of fused-ring (bicyclic) bond motifs is 1. The van der Waals surface area contributed by atoms with Crippen LogP contribution in [0.3, 0.4) is 0 Å². The molecule has 2 aromatic rings. The molecule has 2 aliphatic heterocycles. The van der Waals surface area contributed by atoms with Crippen LogP contribution in [0.4, 0.5) is 8.78 Å². The molecular formula is C24H29F2N3O4. The highest BCUT2D eigenvalue weighted by Gasteiger charge is 2.40. The Morgan fingerprint density at radius 3 is 2.73 bits per heavy atom. The highest BCUT2D eigenvalue weighted by atomic mass is 19.3. The minimum Gasteiger partial charge on any atom is -0.462 e. The van der Waals surface area contributed by atoms with E-state index in [2.05, 4.69) is 10.4 Å². The zero-order valence-corrected chi connectivity index (χ0v) is 19.0. The van der Waals surface area contributed by atoms with Crippen molar-refractivity contribution in [3.05, 3.63) is 46.3 Å². The number of nitrogens with one attached hydrogen (secondary N) is 1. The van der Waals surface area contributed by atoms with Gasteiger partial charge in [0, 0.05) is 25.3 Å². The van der Waals surface area contributed by atoms with Crippen LogP contribution in [0.2, 0.25) is 0 Å². The van der Waals surface area contributed by atoms with Gasteiger partial charge in [-0.25, -0.2) is 18.3 Å². The molecule has 3 heterocycles. The van der Waals surface area contributed by atoms with Crippen LogP contribution in [-0.2, 0) is 22.3 Å². The van der Waals surface area contributed by atoms with E-state index in [1.54, 1.807) is 0 Å². The second kappa shape index (κ2) is 9.59. The molecule has 0 unspecified atom stereocenters. The molecule has 1 amide bonds. The Hall–Kier alpha value is -2.81. The summed E-state index contributed by atoms with van der Waals surface area (Å²) in [6.45, 7) is 5.66. The van der Waals surface area contributed by atoms with Gasteiger partial charge in [-0.3, -0.25) is 4.79 Å². The lowest BCUT2D eigenvalue weighted by molar-refractivity contribution is 0.0154. The maximum absolute atomic E-state index is 14.0. The SMILES string of the molecule is CCCOC(=O)c1ccc(C(F)F)c(-n2nc(CC)c3c2CC2(CCOCC2)CNC3=O)c1. The predicted octanol–water partition coefficient (Wildman–Crippen LogP) is 4.02. The van der Waals surface area contributed by atoms with Gasteiger partial charge < -0.3 is 14.8 Å². The Labute approximate surface area is 191 Å². The smallest absolute Gasteiger partial charge is 0.338 e. The summed E-state index contributed by atoms with van der Waals surface area (Å²) < 4.78 is 40.2. The number of halogens is 2. The van der Waals surface area contributed by atoms with E-state index in [9.17, 15) is 18.4 Å². The molecule has 0 atom stereocenters. The van der Waals surface area contributed by atoms with E-state index in [1.165, 1.54) is 22.9 Å². The van der Waals surface area contributed by atoms with Crippen molar-refractivity contribution in [2.75, 3.05) is 26.4 Å². The van der Waals surface area contributed by atoms with Crippen LogP contribution in [-0.4, -0.2) is 48.0 Å². The number of hydrogen-bond acceptors (Lipinski definition) is 5. The van der Waals surface area contributed by atoms with E-state index in [4.69, 9.17) is 9.47 Å². The van der Waals surface area contributed by atoms with Crippen LogP contribution in [0, 0.1) is 5.41 Å². The molecule has 1 spiro atoms. The highest BCUT2D eigenvalue weighted by molar-refractivity contribution is 5.97. The molecule has 1 fully saturated rings. The zero-order chi connectivity index (χ0) is 23.6. The summed E-state index contributed by atoms with van der Waals surface area (Å²) in [7, 11) is 0. The Kier molecular flexibility index (Phi) is 6.78. The molecule has 0 bridgehead atoms. The van der Waals surface area contributed by atoms with Crippen molar-refractivity contribution >= 4 is 11.9 Å². The molecule has 1 N–H and O–H groups in total. The van der Waals surface area contributed by atoms with Crippen molar-refractivity contribution < 1.29 is 27.8 Å². The Balaban J connectivity index is 1.87. The van der Waals surface area contributed by atoms with Crippen molar-refractivity contribution in [1.29, 1.82) is 0 Å². The molecule has 4 rings (SSSR count).